The number of amidine groups is 1. The van der Waals surface area contributed by atoms with Crippen LogP contribution in [-0.2, 0) is 4.79 Å². The molecule has 4 rings (SSSR count). The largest absolute Gasteiger partial charge is 0.457 e. The summed E-state index contributed by atoms with van der Waals surface area (Å²) in [6, 6.07) is 15.1. The van der Waals surface area contributed by atoms with E-state index < -0.39 is 4.92 Å². The molecule has 0 spiro atoms. The van der Waals surface area contributed by atoms with Crippen LogP contribution in [0.4, 0.5) is 11.5 Å². The van der Waals surface area contributed by atoms with E-state index in [1.807, 2.05) is 19.1 Å². The van der Waals surface area contributed by atoms with Gasteiger partial charge < -0.3 is 4.42 Å². The Labute approximate surface area is 176 Å². The first kappa shape index (κ1) is 19.6. The number of non-ortho nitro benzene ring substituents is 1. The highest BCUT2D eigenvalue weighted by Crippen LogP contribution is 2.34. The number of carbonyl (C=O) groups is 1. The third-order valence-corrected chi connectivity index (χ3v) is 5.39. The molecule has 1 amide bonds. The minimum absolute atomic E-state index is 0.0161. The maximum Gasteiger partial charge on any atom is 0.270 e. The van der Waals surface area contributed by atoms with Crippen LogP contribution in [0.25, 0.3) is 17.4 Å². The molecule has 0 saturated carbocycles. The Balaban J connectivity index is 1.59. The Morgan fingerprint density at radius 3 is 2.77 bits per heavy atom. The summed E-state index contributed by atoms with van der Waals surface area (Å²) in [7, 11) is 1.65. The summed E-state index contributed by atoms with van der Waals surface area (Å²) < 4.78 is 5.78. The first-order chi connectivity index (χ1) is 14.4. The molecule has 1 saturated heterocycles. The minimum atomic E-state index is -0.455. The van der Waals surface area contributed by atoms with Gasteiger partial charge in [0.25, 0.3) is 11.6 Å². The number of rotatable bonds is 4. The smallest absolute Gasteiger partial charge is 0.270 e. The predicted molar refractivity (Wildman–Crippen MR) is 115 cm³/mol. The molecule has 30 heavy (non-hydrogen) atoms. The van der Waals surface area contributed by atoms with Crippen LogP contribution in [0.15, 0.2) is 68.9 Å². The van der Waals surface area contributed by atoms with Crippen molar-refractivity contribution in [1.29, 1.82) is 0 Å². The van der Waals surface area contributed by atoms with Gasteiger partial charge in [0.1, 0.15) is 11.5 Å². The maximum atomic E-state index is 12.6. The molecule has 0 unspecified atom stereocenters. The zero-order valence-electron chi connectivity index (χ0n) is 16.1. The fourth-order valence-electron chi connectivity index (χ4n) is 2.83. The molecule has 150 valence electrons. The molecule has 1 aliphatic heterocycles. The first-order valence-electron chi connectivity index (χ1n) is 8.95. The van der Waals surface area contributed by atoms with Gasteiger partial charge in [-0.3, -0.25) is 19.8 Å². The average Bonchev–Trinajstić information content (AvgIpc) is 3.29. The molecule has 1 aliphatic rings. The Morgan fingerprint density at radius 2 is 2.00 bits per heavy atom. The number of carbonyl (C=O) groups excluding carboxylic acids is 1. The van der Waals surface area contributed by atoms with Crippen molar-refractivity contribution >= 4 is 40.4 Å². The molecule has 0 atom stereocenters. The number of nitro groups is 1. The van der Waals surface area contributed by atoms with Crippen LogP contribution < -0.4 is 0 Å². The van der Waals surface area contributed by atoms with E-state index >= 15 is 0 Å². The summed E-state index contributed by atoms with van der Waals surface area (Å²) in [5.74, 6) is 1.28. The molecule has 2 aromatic heterocycles. The van der Waals surface area contributed by atoms with Gasteiger partial charge in [0.2, 0.25) is 0 Å². The number of aliphatic imine (C=N–C) groups is 1. The molecule has 1 aromatic carbocycles. The van der Waals surface area contributed by atoms with E-state index in [4.69, 9.17) is 4.42 Å². The molecule has 1 fully saturated rings. The SMILES string of the molecule is Cc1cccc(/N=C2/S/C(=C/c3ccc(-c4cccc([N+](=O)[O-])c4)o3)C(=O)N2C)n1. The zero-order valence-corrected chi connectivity index (χ0v) is 16.9. The molecule has 8 nitrogen and oxygen atoms in total. The Hall–Kier alpha value is -3.72. The number of nitro benzene ring substituents is 1. The number of pyridine rings is 1. The van der Waals surface area contributed by atoms with Gasteiger partial charge >= 0.3 is 0 Å². The normalized spacial score (nSPS) is 16.6. The van der Waals surface area contributed by atoms with E-state index in [1.165, 1.54) is 28.8 Å². The van der Waals surface area contributed by atoms with Crippen molar-refractivity contribution in [1.82, 2.24) is 9.88 Å². The molecule has 9 heteroatoms. The summed E-state index contributed by atoms with van der Waals surface area (Å²) in [5.41, 5.74) is 1.41. The number of likely N-dealkylation sites (N-methyl/N-ethyl adjacent to an activating group) is 1. The predicted octanol–water partition coefficient (Wildman–Crippen LogP) is 4.79. The van der Waals surface area contributed by atoms with Gasteiger partial charge in [-0.2, -0.15) is 0 Å². The number of hydrogen-bond acceptors (Lipinski definition) is 7. The molecule has 0 aliphatic carbocycles. The van der Waals surface area contributed by atoms with Crippen molar-refractivity contribution in [2.24, 2.45) is 4.99 Å². The molecular weight excluding hydrogens is 404 g/mol. The van der Waals surface area contributed by atoms with E-state index in [0.717, 1.165) is 5.69 Å². The van der Waals surface area contributed by atoms with Gasteiger partial charge in [0, 0.05) is 36.5 Å². The highest BCUT2D eigenvalue weighted by molar-refractivity contribution is 8.18. The average molecular weight is 420 g/mol. The van der Waals surface area contributed by atoms with Crippen molar-refractivity contribution in [2.75, 3.05) is 7.05 Å². The van der Waals surface area contributed by atoms with Crippen molar-refractivity contribution in [3.63, 3.8) is 0 Å². The summed E-state index contributed by atoms with van der Waals surface area (Å²) in [6.45, 7) is 1.88. The first-order valence-corrected chi connectivity index (χ1v) is 9.77. The lowest BCUT2D eigenvalue weighted by Crippen LogP contribution is -2.23. The van der Waals surface area contributed by atoms with Crippen molar-refractivity contribution in [2.45, 2.75) is 6.92 Å². The molecule has 0 bridgehead atoms. The van der Waals surface area contributed by atoms with E-state index in [9.17, 15) is 14.9 Å². The maximum absolute atomic E-state index is 12.6. The Bertz CT molecular complexity index is 1210. The topological polar surface area (TPSA) is 102 Å². The quantitative estimate of drug-likeness (QED) is 0.342. The fraction of sp³-hybridized carbons (Fsp3) is 0.0952. The lowest BCUT2D eigenvalue weighted by Gasteiger charge is -2.06. The number of nitrogens with zero attached hydrogens (tertiary/aromatic N) is 4. The van der Waals surface area contributed by atoms with Crippen molar-refractivity contribution in [3.8, 4) is 11.3 Å². The van der Waals surface area contributed by atoms with Crippen molar-refractivity contribution in [3.05, 3.63) is 81.1 Å². The number of aromatic nitrogens is 1. The molecule has 3 heterocycles. The number of benzene rings is 1. The van der Waals surface area contributed by atoms with Gasteiger partial charge in [-0.25, -0.2) is 9.98 Å². The summed E-state index contributed by atoms with van der Waals surface area (Å²) in [6.07, 6.45) is 1.64. The second-order valence-corrected chi connectivity index (χ2v) is 7.52. The zero-order chi connectivity index (χ0) is 21.3. The third-order valence-electron chi connectivity index (χ3n) is 4.33. The molecule has 3 aromatic rings. The van der Waals surface area contributed by atoms with Gasteiger partial charge in [-0.1, -0.05) is 18.2 Å². The monoisotopic (exact) mass is 420 g/mol. The van der Waals surface area contributed by atoms with Crippen LogP contribution in [0.1, 0.15) is 11.5 Å². The van der Waals surface area contributed by atoms with Gasteiger partial charge in [0.05, 0.1) is 9.83 Å². The van der Waals surface area contributed by atoms with Gasteiger partial charge in [-0.15, -0.1) is 0 Å². The standard InChI is InChI=1S/C21H16N4O4S/c1-13-5-3-8-19(22-13)23-21-24(2)20(26)18(30-21)12-16-9-10-17(29-16)14-6-4-7-15(11-14)25(27)28/h3-12H,1-2H3/b18-12+,23-21+. The van der Waals surface area contributed by atoms with E-state index in [-0.39, 0.29) is 11.6 Å². The van der Waals surface area contributed by atoms with Crippen LogP contribution in [-0.4, -0.2) is 32.9 Å². The molecule has 0 radical (unpaired) electrons. The summed E-state index contributed by atoms with van der Waals surface area (Å²) in [5, 5.41) is 11.5. The number of hydrogen-bond donors (Lipinski definition) is 0. The van der Waals surface area contributed by atoms with E-state index in [0.29, 0.717) is 33.0 Å². The van der Waals surface area contributed by atoms with E-state index in [2.05, 4.69) is 9.98 Å². The minimum Gasteiger partial charge on any atom is -0.457 e. The van der Waals surface area contributed by atoms with E-state index in [1.54, 1.807) is 43.5 Å². The molecule has 0 N–H and O–H groups in total. The number of furan rings is 1. The highest BCUT2D eigenvalue weighted by Gasteiger charge is 2.30. The van der Waals surface area contributed by atoms with Gasteiger partial charge in [0.15, 0.2) is 11.0 Å². The van der Waals surface area contributed by atoms with Crippen LogP contribution in [0.5, 0.6) is 0 Å². The third kappa shape index (κ3) is 4.01. The summed E-state index contributed by atoms with van der Waals surface area (Å²) in [4.78, 5) is 33.8. The second-order valence-electron chi connectivity index (χ2n) is 6.52. The number of thioether (sulfide) groups is 1. The second kappa shape index (κ2) is 7.96. The van der Waals surface area contributed by atoms with Gasteiger partial charge in [-0.05, 0) is 43.0 Å². The molecular formula is C21H16N4O4S. The highest BCUT2D eigenvalue weighted by atomic mass is 32.2. The lowest BCUT2D eigenvalue weighted by atomic mass is 10.1. The van der Waals surface area contributed by atoms with Crippen LogP contribution >= 0.6 is 11.8 Å². The fourth-order valence-corrected chi connectivity index (χ4v) is 3.78. The van der Waals surface area contributed by atoms with Crippen molar-refractivity contribution < 1.29 is 14.1 Å². The Kier molecular flexibility index (Phi) is 5.20. The number of amides is 1. The summed E-state index contributed by atoms with van der Waals surface area (Å²) >= 11 is 1.23. The lowest BCUT2D eigenvalue weighted by molar-refractivity contribution is -0.384. The van der Waals surface area contributed by atoms with Crippen LogP contribution in [0.3, 0.4) is 0 Å². The van der Waals surface area contributed by atoms with Crippen LogP contribution in [0, 0.1) is 17.0 Å². The Morgan fingerprint density at radius 1 is 1.20 bits per heavy atom. The van der Waals surface area contributed by atoms with Crippen LogP contribution in [0.2, 0.25) is 0 Å². The number of aryl methyl sites for hydroxylation is 1.